The van der Waals surface area contributed by atoms with Gasteiger partial charge in [0, 0.05) is 12.6 Å². The molecule has 2 aromatic heterocycles. The van der Waals surface area contributed by atoms with E-state index in [2.05, 4.69) is 33.2 Å². The molecule has 0 unspecified atom stereocenters. The lowest BCUT2D eigenvalue weighted by molar-refractivity contribution is 0.290. The fraction of sp³-hybridized carbons (Fsp3) is 0.714. The monoisotopic (exact) mass is 278 g/mol. The maximum absolute atomic E-state index is 5.55. The lowest BCUT2D eigenvalue weighted by atomic mass is 9.87. The lowest BCUT2D eigenvalue weighted by Gasteiger charge is -2.27. The Morgan fingerprint density at radius 3 is 2.63 bits per heavy atom. The molecule has 19 heavy (non-hydrogen) atoms. The molecule has 1 N–H and O–H groups in total. The first-order chi connectivity index (χ1) is 9.11. The molecule has 0 aliphatic heterocycles. The van der Waals surface area contributed by atoms with E-state index in [0.29, 0.717) is 6.04 Å². The lowest BCUT2D eigenvalue weighted by Crippen LogP contribution is -2.18. The minimum atomic E-state index is 0.541. The second-order valence-electron chi connectivity index (χ2n) is 5.81. The molecule has 0 bridgehead atoms. The normalized spacial score (nSPS) is 24.2. The summed E-state index contributed by atoms with van der Waals surface area (Å²) in [5, 5.41) is 4.60. The summed E-state index contributed by atoms with van der Waals surface area (Å²) in [5.74, 6) is 0.859. The molecule has 1 saturated carbocycles. The molecule has 2 heterocycles. The van der Waals surface area contributed by atoms with Crippen molar-refractivity contribution in [1.29, 1.82) is 0 Å². The van der Waals surface area contributed by atoms with E-state index in [1.807, 2.05) is 6.92 Å². The SMILES string of the molecule is CCn1nc(C)c2[nH]c(=S)n(C3CCC(C)CC3)c21. The summed E-state index contributed by atoms with van der Waals surface area (Å²) in [7, 11) is 0. The highest BCUT2D eigenvalue weighted by atomic mass is 32.1. The Balaban J connectivity index is 2.12. The van der Waals surface area contributed by atoms with E-state index >= 15 is 0 Å². The zero-order valence-corrected chi connectivity index (χ0v) is 12.8. The molecule has 0 radical (unpaired) electrons. The zero-order valence-electron chi connectivity index (χ0n) is 11.9. The van der Waals surface area contributed by atoms with Crippen LogP contribution in [0.25, 0.3) is 11.2 Å². The number of nitrogens with one attached hydrogen (secondary N) is 1. The van der Waals surface area contributed by atoms with Crippen molar-refractivity contribution < 1.29 is 0 Å². The van der Waals surface area contributed by atoms with Gasteiger partial charge in [-0.1, -0.05) is 6.92 Å². The summed E-state index contributed by atoms with van der Waals surface area (Å²) in [4.78, 5) is 3.35. The van der Waals surface area contributed by atoms with Crippen molar-refractivity contribution in [3.8, 4) is 0 Å². The third-order valence-corrected chi connectivity index (χ3v) is 4.73. The van der Waals surface area contributed by atoms with Crippen LogP contribution < -0.4 is 0 Å². The molecule has 0 saturated heterocycles. The van der Waals surface area contributed by atoms with Gasteiger partial charge in [-0.05, 0) is 57.7 Å². The average molecular weight is 278 g/mol. The summed E-state index contributed by atoms with van der Waals surface area (Å²) < 4.78 is 5.26. The van der Waals surface area contributed by atoms with Crippen molar-refractivity contribution in [2.45, 2.75) is 59.0 Å². The minimum absolute atomic E-state index is 0.541. The van der Waals surface area contributed by atoms with Gasteiger partial charge in [0.15, 0.2) is 10.4 Å². The zero-order chi connectivity index (χ0) is 13.6. The Kier molecular flexibility index (Phi) is 3.25. The summed E-state index contributed by atoms with van der Waals surface area (Å²) in [6.07, 6.45) is 5.07. The molecule has 1 aliphatic carbocycles. The van der Waals surface area contributed by atoms with E-state index in [1.165, 1.54) is 31.3 Å². The second kappa shape index (κ2) is 4.78. The first kappa shape index (κ1) is 12.9. The first-order valence-electron chi connectivity index (χ1n) is 7.29. The number of hydrogen-bond donors (Lipinski definition) is 1. The molecule has 0 aromatic carbocycles. The molecular formula is C14H22N4S. The first-order valence-corrected chi connectivity index (χ1v) is 7.70. The maximum atomic E-state index is 5.55. The Bertz CT molecular complexity index is 640. The van der Waals surface area contributed by atoms with Crippen molar-refractivity contribution in [2.75, 3.05) is 0 Å². The summed E-state index contributed by atoms with van der Waals surface area (Å²) in [6, 6.07) is 0.541. The largest absolute Gasteiger partial charge is 0.328 e. The molecule has 3 rings (SSSR count). The molecule has 0 atom stereocenters. The predicted molar refractivity (Wildman–Crippen MR) is 80.0 cm³/mol. The predicted octanol–water partition coefficient (Wildman–Crippen LogP) is 3.97. The Labute approximate surface area is 118 Å². The molecule has 1 aliphatic rings. The number of fused-ring (bicyclic) bond motifs is 1. The molecule has 4 nitrogen and oxygen atoms in total. The Morgan fingerprint density at radius 2 is 2.00 bits per heavy atom. The van der Waals surface area contributed by atoms with Gasteiger partial charge in [-0.2, -0.15) is 5.10 Å². The van der Waals surface area contributed by atoms with Crippen molar-refractivity contribution in [3.63, 3.8) is 0 Å². The van der Waals surface area contributed by atoms with Crippen LogP contribution in [0.2, 0.25) is 0 Å². The van der Waals surface area contributed by atoms with Crippen LogP contribution in [-0.4, -0.2) is 19.3 Å². The Hall–Kier alpha value is -1.10. The van der Waals surface area contributed by atoms with Gasteiger partial charge in [0.05, 0.1) is 5.69 Å². The van der Waals surface area contributed by atoms with Gasteiger partial charge in [-0.3, -0.25) is 4.57 Å². The van der Waals surface area contributed by atoms with Gasteiger partial charge in [0.25, 0.3) is 0 Å². The number of rotatable bonds is 2. The number of aromatic nitrogens is 4. The van der Waals surface area contributed by atoms with Crippen molar-refractivity contribution in [2.24, 2.45) is 5.92 Å². The molecule has 2 aromatic rings. The van der Waals surface area contributed by atoms with Crippen LogP contribution in [0.3, 0.4) is 0 Å². The third-order valence-electron chi connectivity index (χ3n) is 4.43. The van der Waals surface area contributed by atoms with Crippen LogP contribution in [0, 0.1) is 17.6 Å². The van der Waals surface area contributed by atoms with Gasteiger partial charge in [-0.25, -0.2) is 4.68 Å². The van der Waals surface area contributed by atoms with Crippen molar-refractivity contribution in [1.82, 2.24) is 19.3 Å². The average Bonchev–Trinajstić information content (AvgIpc) is 2.88. The van der Waals surface area contributed by atoms with E-state index in [-0.39, 0.29) is 0 Å². The van der Waals surface area contributed by atoms with E-state index in [9.17, 15) is 0 Å². The van der Waals surface area contributed by atoms with Gasteiger partial charge in [-0.15, -0.1) is 0 Å². The topological polar surface area (TPSA) is 38.5 Å². The number of imidazole rings is 1. The van der Waals surface area contributed by atoms with E-state index in [0.717, 1.165) is 28.4 Å². The fourth-order valence-electron chi connectivity index (χ4n) is 3.28. The third kappa shape index (κ3) is 2.04. The van der Waals surface area contributed by atoms with Gasteiger partial charge < -0.3 is 4.98 Å². The molecule has 5 heteroatoms. The molecular weight excluding hydrogens is 256 g/mol. The number of aromatic amines is 1. The number of hydrogen-bond acceptors (Lipinski definition) is 2. The van der Waals surface area contributed by atoms with Crippen LogP contribution >= 0.6 is 12.2 Å². The van der Waals surface area contributed by atoms with Crippen LogP contribution in [0.5, 0.6) is 0 Å². The highest BCUT2D eigenvalue weighted by Gasteiger charge is 2.24. The quantitative estimate of drug-likeness (QED) is 0.844. The van der Waals surface area contributed by atoms with E-state index < -0.39 is 0 Å². The van der Waals surface area contributed by atoms with Crippen LogP contribution in [0.1, 0.15) is 51.3 Å². The van der Waals surface area contributed by atoms with Gasteiger partial charge in [0.2, 0.25) is 0 Å². The molecule has 0 spiro atoms. The van der Waals surface area contributed by atoms with Crippen LogP contribution in [0.4, 0.5) is 0 Å². The fourth-order valence-corrected chi connectivity index (χ4v) is 3.62. The molecule has 0 amide bonds. The van der Waals surface area contributed by atoms with Crippen molar-refractivity contribution >= 4 is 23.4 Å². The van der Waals surface area contributed by atoms with Gasteiger partial charge >= 0.3 is 0 Å². The summed E-state index contributed by atoms with van der Waals surface area (Å²) in [6.45, 7) is 7.42. The minimum Gasteiger partial charge on any atom is -0.328 e. The highest BCUT2D eigenvalue weighted by Crippen LogP contribution is 2.34. The van der Waals surface area contributed by atoms with Crippen LogP contribution in [0.15, 0.2) is 0 Å². The highest BCUT2D eigenvalue weighted by molar-refractivity contribution is 7.71. The number of aryl methyl sites for hydroxylation is 2. The smallest absolute Gasteiger partial charge is 0.179 e. The second-order valence-corrected chi connectivity index (χ2v) is 6.20. The van der Waals surface area contributed by atoms with Gasteiger partial charge in [0.1, 0.15) is 5.52 Å². The molecule has 104 valence electrons. The Morgan fingerprint density at radius 1 is 1.32 bits per heavy atom. The summed E-state index contributed by atoms with van der Waals surface area (Å²) in [5.41, 5.74) is 3.35. The van der Waals surface area contributed by atoms with Crippen molar-refractivity contribution in [3.05, 3.63) is 10.5 Å². The summed E-state index contributed by atoms with van der Waals surface area (Å²) >= 11 is 5.55. The standard InChI is InChI=1S/C14H22N4S/c1-4-17-13-12(10(3)16-17)15-14(19)18(13)11-7-5-9(2)6-8-11/h9,11H,4-8H2,1-3H3,(H,15,19). The van der Waals surface area contributed by atoms with Crippen LogP contribution in [-0.2, 0) is 6.54 Å². The maximum Gasteiger partial charge on any atom is 0.179 e. The number of H-pyrrole nitrogens is 1. The number of nitrogens with zero attached hydrogens (tertiary/aromatic N) is 3. The van der Waals surface area contributed by atoms with E-state index in [1.54, 1.807) is 0 Å². The molecule has 1 fully saturated rings. The van der Waals surface area contributed by atoms with E-state index in [4.69, 9.17) is 12.2 Å².